The summed E-state index contributed by atoms with van der Waals surface area (Å²) in [5.74, 6) is -0.0892. The van der Waals surface area contributed by atoms with E-state index in [0.717, 1.165) is 37.6 Å². The first-order valence-electron chi connectivity index (χ1n) is 9.47. The highest BCUT2D eigenvalue weighted by Gasteiger charge is 2.20. The molecule has 0 aliphatic carbocycles. The van der Waals surface area contributed by atoms with Crippen molar-refractivity contribution in [1.82, 2.24) is 10.2 Å². The topological polar surface area (TPSA) is 64.7 Å². The van der Waals surface area contributed by atoms with E-state index in [-0.39, 0.29) is 16.9 Å². The lowest BCUT2D eigenvalue weighted by Gasteiger charge is -2.36. The van der Waals surface area contributed by atoms with Crippen molar-refractivity contribution in [2.24, 2.45) is 0 Å². The van der Waals surface area contributed by atoms with Gasteiger partial charge in [0.1, 0.15) is 0 Å². The molecule has 0 spiro atoms. The van der Waals surface area contributed by atoms with Crippen LogP contribution in [0.15, 0.2) is 48.5 Å². The summed E-state index contributed by atoms with van der Waals surface area (Å²) in [7, 11) is 0. The summed E-state index contributed by atoms with van der Waals surface area (Å²) in [5, 5.41) is 6.47. The number of carbonyl (C=O) groups excluding carboxylic acids is 2. The summed E-state index contributed by atoms with van der Waals surface area (Å²) in [6, 6.07) is 14.4. The second-order valence-electron chi connectivity index (χ2n) is 6.68. The van der Waals surface area contributed by atoms with Crippen molar-refractivity contribution in [2.45, 2.75) is 13.3 Å². The minimum absolute atomic E-state index is 0.207. The Morgan fingerprint density at radius 1 is 1.00 bits per heavy atom. The molecule has 0 aromatic heterocycles. The zero-order valence-corrected chi connectivity index (χ0v) is 17.7. The standard InChI is InChI=1S/C21H23ClN4O2S/c1-2-19(27)26-13-11-25(12-14-26)18-9-7-17(8-10-18)23-21(29)24-20(28)15-3-5-16(22)6-4-15/h3-10H,2,11-14H2,1H3,(H2,23,24,28,29). The molecule has 1 heterocycles. The lowest BCUT2D eigenvalue weighted by Crippen LogP contribution is -2.48. The van der Waals surface area contributed by atoms with E-state index in [9.17, 15) is 9.59 Å². The Kier molecular flexibility index (Phi) is 7.06. The van der Waals surface area contributed by atoms with Crippen LogP contribution in [0.2, 0.25) is 5.02 Å². The van der Waals surface area contributed by atoms with E-state index in [2.05, 4.69) is 15.5 Å². The smallest absolute Gasteiger partial charge is 0.257 e. The predicted octanol–water partition coefficient (Wildman–Crippen LogP) is 3.53. The van der Waals surface area contributed by atoms with E-state index in [1.807, 2.05) is 36.1 Å². The van der Waals surface area contributed by atoms with Crippen molar-refractivity contribution in [3.63, 3.8) is 0 Å². The number of piperazine rings is 1. The molecule has 29 heavy (non-hydrogen) atoms. The van der Waals surface area contributed by atoms with Crippen molar-refractivity contribution in [3.8, 4) is 0 Å². The van der Waals surface area contributed by atoms with E-state index in [1.54, 1.807) is 24.3 Å². The number of nitrogens with one attached hydrogen (secondary N) is 2. The maximum atomic E-state index is 12.2. The largest absolute Gasteiger partial charge is 0.368 e. The average Bonchev–Trinajstić information content (AvgIpc) is 2.74. The van der Waals surface area contributed by atoms with Gasteiger partial charge in [-0.3, -0.25) is 14.9 Å². The molecule has 1 fully saturated rings. The van der Waals surface area contributed by atoms with E-state index < -0.39 is 0 Å². The number of amides is 2. The molecule has 1 aliphatic heterocycles. The van der Waals surface area contributed by atoms with Crippen LogP contribution in [0.25, 0.3) is 0 Å². The number of carbonyl (C=O) groups is 2. The Morgan fingerprint density at radius 2 is 1.62 bits per heavy atom. The first-order valence-corrected chi connectivity index (χ1v) is 10.3. The zero-order valence-electron chi connectivity index (χ0n) is 16.2. The fourth-order valence-electron chi connectivity index (χ4n) is 3.13. The van der Waals surface area contributed by atoms with Crippen molar-refractivity contribution >= 4 is 52.1 Å². The molecule has 8 heteroatoms. The molecule has 2 amide bonds. The Balaban J connectivity index is 1.51. The molecule has 0 saturated carbocycles. The van der Waals surface area contributed by atoms with E-state index in [0.29, 0.717) is 17.0 Å². The van der Waals surface area contributed by atoms with Crippen LogP contribution in [0.1, 0.15) is 23.7 Å². The molecule has 0 atom stereocenters. The highest BCUT2D eigenvalue weighted by molar-refractivity contribution is 7.80. The van der Waals surface area contributed by atoms with Gasteiger partial charge in [0.05, 0.1) is 0 Å². The minimum Gasteiger partial charge on any atom is -0.368 e. The summed E-state index contributed by atoms with van der Waals surface area (Å²) in [6.45, 7) is 5.01. The van der Waals surface area contributed by atoms with Crippen LogP contribution in [0.5, 0.6) is 0 Å². The zero-order chi connectivity index (χ0) is 20.8. The molecular formula is C21H23ClN4O2S. The van der Waals surface area contributed by atoms with Gasteiger partial charge in [-0.2, -0.15) is 0 Å². The molecule has 2 N–H and O–H groups in total. The molecule has 152 valence electrons. The van der Waals surface area contributed by atoms with Gasteiger partial charge in [0.25, 0.3) is 5.91 Å². The monoisotopic (exact) mass is 430 g/mol. The summed E-state index contributed by atoms with van der Waals surface area (Å²) in [6.07, 6.45) is 0.550. The number of rotatable bonds is 4. The van der Waals surface area contributed by atoms with Crippen molar-refractivity contribution in [1.29, 1.82) is 0 Å². The van der Waals surface area contributed by atoms with Crippen LogP contribution in [0, 0.1) is 0 Å². The Labute approximate surface area is 180 Å². The molecule has 2 aromatic carbocycles. The first kappa shape index (κ1) is 21.1. The van der Waals surface area contributed by atoms with Crippen molar-refractivity contribution in [3.05, 3.63) is 59.1 Å². The Hall–Kier alpha value is -2.64. The number of thiocarbonyl (C=S) groups is 1. The van der Waals surface area contributed by atoms with Crippen LogP contribution in [0.3, 0.4) is 0 Å². The second kappa shape index (κ2) is 9.71. The van der Waals surface area contributed by atoms with Gasteiger partial charge in [-0.05, 0) is 60.7 Å². The van der Waals surface area contributed by atoms with Gasteiger partial charge in [0, 0.05) is 54.6 Å². The van der Waals surface area contributed by atoms with Gasteiger partial charge in [-0.1, -0.05) is 18.5 Å². The van der Waals surface area contributed by atoms with Gasteiger partial charge in [-0.25, -0.2) is 0 Å². The third-order valence-corrected chi connectivity index (χ3v) is 5.21. The van der Waals surface area contributed by atoms with E-state index >= 15 is 0 Å². The molecule has 1 saturated heterocycles. The van der Waals surface area contributed by atoms with Gasteiger partial charge in [0.15, 0.2) is 5.11 Å². The van der Waals surface area contributed by atoms with Crippen LogP contribution in [-0.4, -0.2) is 48.0 Å². The molecule has 2 aromatic rings. The van der Waals surface area contributed by atoms with Crippen LogP contribution >= 0.6 is 23.8 Å². The SMILES string of the molecule is CCC(=O)N1CCN(c2ccc(NC(=S)NC(=O)c3ccc(Cl)cc3)cc2)CC1. The third kappa shape index (κ3) is 5.68. The van der Waals surface area contributed by atoms with Gasteiger partial charge in [-0.15, -0.1) is 0 Å². The van der Waals surface area contributed by atoms with E-state index in [4.69, 9.17) is 23.8 Å². The van der Waals surface area contributed by atoms with Gasteiger partial charge >= 0.3 is 0 Å². The van der Waals surface area contributed by atoms with E-state index in [1.165, 1.54) is 0 Å². The molecular weight excluding hydrogens is 408 g/mol. The molecule has 1 aliphatic rings. The first-order chi connectivity index (χ1) is 14.0. The third-order valence-electron chi connectivity index (χ3n) is 4.76. The molecule has 0 unspecified atom stereocenters. The summed E-state index contributed by atoms with van der Waals surface area (Å²) < 4.78 is 0. The number of halogens is 1. The van der Waals surface area contributed by atoms with Gasteiger partial charge in [0.2, 0.25) is 5.91 Å². The summed E-state index contributed by atoms with van der Waals surface area (Å²) >= 11 is 11.1. The van der Waals surface area contributed by atoms with Crippen LogP contribution in [-0.2, 0) is 4.79 Å². The highest BCUT2D eigenvalue weighted by atomic mass is 35.5. The second-order valence-corrected chi connectivity index (χ2v) is 7.53. The normalized spacial score (nSPS) is 13.7. The number of anilines is 2. The number of hydrogen-bond donors (Lipinski definition) is 2. The highest BCUT2D eigenvalue weighted by Crippen LogP contribution is 2.20. The van der Waals surface area contributed by atoms with Crippen molar-refractivity contribution in [2.75, 3.05) is 36.4 Å². The van der Waals surface area contributed by atoms with Crippen LogP contribution < -0.4 is 15.5 Å². The predicted molar refractivity (Wildman–Crippen MR) is 121 cm³/mol. The lowest BCUT2D eigenvalue weighted by molar-refractivity contribution is -0.131. The minimum atomic E-state index is -0.296. The number of hydrogen-bond acceptors (Lipinski definition) is 4. The average molecular weight is 431 g/mol. The molecule has 0 bridgehead atoms. The fraction of sp³-hybridized carbons (Fsp3) is 0.286. The lowest BCUT2D eigenvalue weighted by atomic mass is 10.2. The quantitative estimate of drug-likeness (QED) is 0.726. The summed E-state index contributed by atoms with van der Waals surface area (Å²) in [5.41, 5.74) is 2.36. The van der Waals surface area contributed by atoms with Gasteiger partial charge < -0.3 is 15.1 Å². The summed E-state index contributed by atoms with van der Waals surface area (Å²) in [4.78, 5) is 28.2. The molecule has 3 rings (SSSR count). The maximum absolute atomic E-state index is 12.2. The molecule has 6 nitrogen and oxygen atoms in total. The molecule has 0 radical (unpaired) electrons. The number of nitrogens with zero attached hydrogens (tertiary/aromatic N) is 2. The Morgan fingerprint density at radius 3 is 2.21 bits per heavy atom. The maximum Gasteiger partial charge on any atom is 0.257 e. The van der Waals surface area contributed by atoms with Crippen LogP contribution in [0.4, 0.5) is 11.4 Å². The van der Waals surface area contributed by atoms with Crippen molar-refractivity contribution < 1.29 is 9.59 Å². The fourth-order valence-corrected chi connectivity index (χ4v) is 3.47. The Bertz CT molecular complexity index is 879. The number of benzene rings is 2.